The van der Waals surface area contributed by atoms with Crippen molar-refractivity contribution < 1.29 is 18.2 Å². The van der Waals surface area contributed by atoms with Gasteiger partial charge in [0.05, 0.1) is 12.2 Å². The molecule has 0 aliphatic carbocycles. The molecule has 0 aromatic heterocycles. The van der Waals surface area contributed by atoms with Crippen molar-refractivity contribution in [3.63, 3.8) is 0 Å². The second-order valence-electron chi connectivity index (χ2n) is 10.4. The van der Waals surface area contributed by atoms with E-state index < -0.39 is 16.8 Å². The van der Waals surface area contributed by atoms with Gasteiger partial charge in [0.25, 0.3) is 8.53 Å². The summed E-state index contributed by atoms with van der Waals surface area (Å²) in [4.78, 5) is 3.44. The van der Waals surface area contributed by atoms with Crippen LogP contribution in [-0.4, -0.2) is 76.2 Å². The van der Waals surface area contributed by atoms with E-state index in [0.717, 1.165) is 0 Å². The van der Waals surface area contributed by atoms with Gasteiger partial charge >= 0.3 is 0 Å². The lowest BCUT2D eigenvalue weighted by atomic mass is 10.1. The van der Waals surface area contributed by atoms with Crippen LogP contribution in [0.2, 0.25) is 18.1 Å². The van der Waals surface area contributed by atoms with Crippen LogP contribution in [0, 0.1) is 6.57 Å². The summed E-state index contributed by atoms with van der Waals surface area (Å²) in [5.74, 6) is 0. The minimum Gasteiger partial charge on any atom is -0.409 e. The van der Waals surface area contributed by atoms with Crippen LogP contribution in [0.15, 0.2) is 0 Å². The first-order chi connectivity index (χ1) is 14.3. The highest BCUT2D eigenvalue weighted by molar-refractivity contribution is 7.44. The predicted octanol–water partition coefficient (Wildman–Crippen LogP) is 5.05. The number of nitrogens with one attached hydrogen (secondary N) is 1. The molecule has 1 rings (SSSR count). The molecule has 0 aromatic carbocycles. The molecule has 1 aliphatic heterocycles. The van der Waals surface area contributed by atoms with E-state index >= 15 is 0 Å². The van der Waals surface area contributed by atoms with Crippen LogP contribution < -0.4 is 5.32 Å². The van der Waals surface area contributed by atoms with Gasteiger partial charge in [-0.15, -0.1) is 0 Å². The average Bonchev–Trinajstić information content (AvgIpc) is 2.88. The maximum Gasteiger partial charge on any atom is 0.259 e. The number of likely N-dealkylation sites (N-methyl/N-ethyl adjacent to an activating group) is 1. The molecule has 0 bridgehead atoms. The summed E-state index contributed by atoms with van der Waals surface area (Å²) < 4.78 is 28.3. The number of hydrogen-bond donors (Lipinski definition) is 1. The third-order valence-electron chi connectivity index (χ3n) is 6.05. The highest BCUT2D eigenvalue weighted by atomic mass is 31.2. The van der Waals surface area contributed by atoms with Crippen LogP contribution in [0.25, 0.3) is 4.85 Å². The van der Waals surface area contributed by atoms with E-state index in [1.807, 2.05) is 7.05 Å². The highest BCUT2D eigenvalue weighted by Gasteiger charge is 2.50. The van der Waals surface area contributed by atoms with Crippen molar-refractivity contribution in [3.8, 4) is 0 Å². The Bertz CT molecular complexity index is 572. The molecule has 31 heavy (non-hydrogen) atoms. The quantitative estimate of drug-likeness (QED) is 0.184. The van der Waals surface area contributed by atoms with Crippen molar-refractivity contribution in [1.82, 2.24) is 9.99 Å². The molecule has 1 saturated heterocycles. The van der Waals surface area contributed by atoms with Gasteiger partial charge in [0.2, 0.25) is 6.54 Å². The molecule has 0 amide bonds. The zero-order valence-corrected chi connectivity index (χ0v) is 23.5. The molecular weight excluding hydrogens is 429 g/mol. The number of ether oxygens (including phenoxy) is 1. The van der Waals surface area contributed by atoms with Crippen molar-refractivity contribution in [3.05, 3.63) is 11.4 Å². The van der Waals surface area contributed by atoms with E-state index in [4.69, 9.17) is 24.8 Å². The lowest BCUT2D eigenvalue weighted by molar-refractivity contribution is 0.0197. The van der Waals surface area contributed by atoms with E-state index in [1.54, 1.807) is 0 Å². The Labute approximate surface area is 193 Å². The molecule has 5 atom stereocenters. The normalized spacial score (nSPS) is 26.1. The zero-order valence-electron chi connectivity index (χ0n) is 21.6. The molecule has 1 fully saturated rings. The summed E-state index contributed by atoms with van der Waals surface area (Å²) in [5, 5.41) is 3.33. The van der Waals surface area contributed by atoms with Gasteiger partial charge in [-0.2, -0.15) is 0 Å². The topological polar surface area (TPSA) is 56.6 Å². The maximum absolute atomic E-state index is 7.10. The molecule has 182 valence electrons. The Balaban J connectivity index is 3.22. The molecular formula is C22H46N3O4PSi. The van der Waals surface area contributed by atoms with Gasteiger partial charge in [-0.1, -0.05) is 20.8 Å². The minimum atomic E-state index is -2.03. The molecule has 0 radical (unpaired) electrons. The summed E-state index contributed by atoms with van der Waals surface area (Å²) in [6.45, 7) is 30.4. The lowest BCUT2D eigenvalue weighted by Crippen LogP contribution is -2.50. The fourth-order valence-electron chi connectivity index (χ4n) is 3.48. The SMILES string of the molecule is [C-]#[N+]CCOP(O[C@@H]1C(O[Si](C)(C)C(C)(C)C)[C@H](C)O[C@@H]1CNC)N(C(C)C)C(C)C. The van der Waals surface area contributed by atoms with E-state index in [9.17, 15) is 0 Å². The Morgan fingerprint density at radius 1 is 1.16 bits per heavy atom. The fourth-order valence-corrected chi connectivity index (χ4v) is 6.59. The van der Waals surface area contributed by atoms with Crippen molar-refractivity contribution in [2.45, 2.75) is 110 Å². The van der Waals surface area contributed by atoms with E-state index in [1.165, 1.54) is 0 Å². The van der Waals surface area contributed by atoms with Crippen LogP contribution >= 0.6 is 8.53 Å². The van der Waals surface area contributed by atoms with Gasteiger partial charge < -0.3 is 28.4 Å². The van der Waals surface area contributed by atoms with Crippen molar-refractivity contribution in [2.24, 2.45) is 0 Å². The third kappa shape index (κ3) is 8.01. The molecule has 0 spiro atoms. The largest absolute Gasteiger partial charge is 0.409 e. The summed E-state index contributed by atoms with van der Waals surface area (Å²) in [6, 6.07) is 0.502. The Morgan fingerprint density at radius 2 is 1.74 bits per heavy atom. The smallest absolute Gasteiger partial charge is 0.259 e. The fraction of sp³-hybridized carbons (Fsp3) is 0.955. The van der Waals surface area contributed by atoms with Gasteiger partial charge in [-0.25, -0.2) is 11.2 Å². The molecule has 1 heterocycles. The van der Waals surface area contributed by atoms with Crippen molar-refractivity contribution in [2.75, 3.05) is 26.7 Å². The van der Waals surface area contributed by atoms with Crippen LogP contribution in [0.4, 0.5) is 0 Å². The monoisotopic (exact) mass is 475 g/mol. The highest BCUT2D eigenvalue weighted by Crippen LogP contribution is 2.50. The van der Waals surface area contributed by atoms with Gasteiger partial charge in [0.1, 0.15) is 18.8 Å². The molecule has 2 unspecified atom stereocenters. The van der Waals surface area contributed by atoms with Crippen molar-refractivity contribution in [1.29, 1.82) is 0 Å². The first-order valence-electron chi connectivity index (χ1n) is 11.5. The van der Waals surface area contributed by atoms with Crippen LogP contribution in [0.1, 0.15) is 55.4 Å². The Kier molecular flexibility index (Phi) is 11.6. The van der Waals surface area contributed by atoms with Gasteiger partial charge in [0.15, 0.2) is 8.32 Å². The zero-order chi connectivity index (χ0) is 24.0. The minimum absolute atomic E-state index is 0.0656. The number of nitrogens with zero attached hydrogens (tertiary/aromatic N) is 2. The first kappa shape index (κ1) is 28.9. The molecule has 0 aromatic rings. The summed E-state index contributed by atoms with van der Waals surface area (Å²) >= 11 is 0. The van der Waals surface area contributed by atoms with Gasteiger partial charge in [-0.3, -0.25) is 0 Å². The van der Waals surface area contributed by atoms with Crippen LogP contribution in [0.3, 0.4) is 0 Å². The molecule has 1 N–H and O–H groups in total. The van der Waals surface area contributed by atoms with E-state index in [2.05, 4.69) is 83.3 Å². The van der Waals surface area contributed by atoms with Crippen LogP contribution in [-0.2, 0) is 18.2 Å². The Hall–Kier alpha value is -0.103. The van der Waals surface area contributed by atoms with E-state index in [-0.39, 0.29) is 41.5 Å². The first-order valence-corrected chi connectivity index (χ1v) is 15.5. The summed E-state index contributed by atoms with van der Waals surface area (Å²) in [5.41, 5.74) is 0. The Morgan fingerprint density at radius 3 is 2.19 bits per heavy atom. The summed E-state index contributed by atoms with van der Waals surface area (Å²) in [7, 11) is -1.46. The summed E-state index contributed by atoms with van der Waals surface area (Å²) in [6.07, 6.45) is -0.583. The lowest BCUT2D eigenvalue weighted by Gasteiger charge is -2.42. The van der Waals surface area contributed by atoms with Crippen molar-refractivity contribution >= 4 is 16.8 Å². The molecule has 1 aliphatic rings. The van der Waals surface area contributed by atoms with E-state index in [0.29, 0.717) is 19.7 Å². The third-order valence-corrected chi connectivity index (χ3v) is 12.6. The number of hydrogen-bond acceptors (Lipinski definition) is 6. The van der Waals surface area contributed by atoms with Crippen LogP contribution in [0.5, 0.6) is 0 Å². The number of rotatable bonds is 12. The maximum atomic E-state index is 7.10. The molecule has 9 heteroatoms. The van der Waals surface area contributed by atoms with Gasteiger partial charge in [-0.05, 0) is 59.8 Å². The molecule has 7 nitrogen and oxygen atoms in total. The average molecular weight is 476 g/mol. The predicted molar refractivity (Wildman–Crippen MR) is 132 cm³/mol. The molecule has 0 saturated carbocycles. The van der Waals surface area contributed by atoms with Gasteiger partial charge in [0, 0.05) is 18.6 Å². The standard InChI is InChI=1S/C22H46N3O4PSi/c1-16(2)25(17(3)4)30(26-14-13-23-9)28-21-19(15-24-10)27-18(5)20(21)29-31(11,12)22(6,7)8/h16-21,24H,13-15H2,1-8,10-12H3/t18-,19+,20?,21-,30?/m0/s1. The second kappa shape index (κ2) is 12.4. The second-order valence-corrected chi connectivity index (χ2v) is 16.5.